The molecule has 0 atom stereocenters. The van der Waals surface area contributed by atoms with Crippen molar-refractivity contribution in [3.05, 3.63) is 0 Å². The highest BCUT2D eigenvalue weighted by atomic mass is 35.5. The van der Waals surface area contributed by atoms with Gasteiger partial charge in [0.15, 0.2) is 0 Å². The zero-order valence-electron chi connectivity index (χ0n) is 14.1. The van der Waals surface area contributed by atoms with E-state index in [9.17, 15) is 0 Å². The summed E-state index contributed by atoms with van der Waals surface area (Å²) in [4.78, 5) is 24.3. The van der Waals surface area contributed by atoms with Crippen molar-refractivity contribution in [1.29, 1.82) is 0 Å². The largest absolute Gasteiger partial charge is 0.790 e. The van der Waals surface area contributed by atoms with Crippen molar-refractivity contribution in [1.82, 2.24) is 0 Å². The SMILES string of the molecule is C[N+](C)(C)CCCCCC[N+](C)(C)C.Cl.Cl.O=P([O-])([O-])O. The van der Waals surface area contributed by atoms with Crippen LogP contribution in [0.25, 0.3) is 0 Å². The molecule has 0 aliphatic heterocycles. The third-order valence-corrected chi connectivity index (χ3v) is 2.41. The Labute approximate surface area is 142 Å². The zero-order chi connectivity index (χ0) is 15.7. The normalized spacial score (nSPS) is 11.7. The summed E-state index contributed by atoms with van der Waals surface area (Å²) in [7, 11) is 8.48. The highest BCUT2D eigenvalue weighted by Gasteiger charge is 2.07. The molecule has 21 heavy (non-hydrogen) atoms. The quantitative estimate of drug-likeness (QED) is 0.404. The average molecular weight is 371 g/mol. The van der Waals surface area contributed by atoms with Crippen LogP contribution >= 0.6 is 32.6 Å². The fraction of sp³-hybridized carbons (Fsp3) is 1.00. The van der Waals surface area contributed by atoms with Crippen LogP contribution in [-0.2, 0) is 4.57 Å². The van der Waals surface area contributed by atoms with Crippen molar-refractivity contribution in [2.75, 3.05) is 55.4 Å². The minimum Gasteiger partial charge on any atom is -0.790 e. The second kappa shape index (κ2) is 13.1. The van der Waals surface area contributed by atoms with Crippen LogP contribution in [0.1, 0.15) is 25.7 Å². The molecule has 0 saturated heterocycles. The van der Waals surface area contributed by atoms with Gasteiger partial charge in [0.25, 0.3) is 0 Å². The van der Waals surface area contributed by atoms with Crippen molar-refractivity contribution < 1.29 is 28.2 Å². The first-order valence-corrected chi connectivity index (χ1v) is 8.06. The Morgan fingerprint density at radius 2 is 0.952 bits per heavy atom. The third kappa shape index (κ3) is 53.0. The highest BCUT2D eigenvalue weighted by Crippen LogP contribution is 2.11. The first-order chi connectivity index (χ1) is 8.21. The standard InChI is InChI=1S/C12H30N2.2ClH.H3O4P/c1-13(2,3)11-9-7-8-10-12-14(4,5)6;;;1-5(2,3)4/h7-12H2,1-6H3;2*1H;(H3,1,2,3,4)/q+2;;;/p-2. The summed E-state index contributed by atoms with van der Waals surface area (Å²) in [6, 6.07) is 0. The van der Waals surface area contributed by atoms with E-state index < -0.39 is 7.82 Å². The van der Waals surface area contributed by atoms with Crippen LogP contribution < -0.4 is 9.79 Å². The molecule has 0 fully saturated rings. The monoisotopic (exact) mass is 370 g/mol. The molecule has 0 spiro atoms. The maximum Gasteiger partial charge on any atom is 0.0780 e. The molecule has 0 aliphatic rings. The number of phosphoric acid groups is 1. The van der Waals surface area contributed by atoms with Crippen LogP contribution in [0.4, 0.5) is 0 Å². The fourth-order valence-electron chi connectivity index (χ4n) is 1.53. The van der Waals surface area contributed by atoms with Gasteiger partial charge in [-0.25, -0.2) is 0 Å². The topological polar surface area (TPSA) is 83.4 Å². The molecule has 0 aromatic carbocycles. The molecular weight excluding hydrogens is 338 g/mol. The van der Waals surface area contributed by atoms with E-state index in [2.05, 4.69) is 42.3 Å². The molecule has 6 nitrogen and oxygen atoms in total. The predicted octanol–water partition coefficient (Wildman–Crippen LogP) is 0.610. The van der Waals surface area contributed by atoms with Gasteiger partial charge in [0, 0.05) is 0 Å². The molecule has 134 valence electrons. The van der Waals surface area contributed by atoms with E-state index in [-0.39, 0.29) is 24.8 Å². The summed E-state index contributed by atoms with van der Waals surface area (Å²) >= 11 is 0. The van der Waals surface area contributed by atoms with Crippen LogP contribution in [0.15, 0.2) is 0 Å². The molecule has 0 aromatic heterocycles. The van der Waals surface area contributed by atoms with Crippen LogP contribution in [0, 0.1) is 0 Å². The minimum absolute atomic E-state index is 0. The molecule has 0 aliphatic carbocycles. The van der Waals surface area contributed by atoms with E-state index in [4.69, 9.17) is 19.2 Å². The summed E-state index contributed by atoms with van der Waals surface area (Å²) in [6.45, 7) is 2.62. The lowest BCUT2D eigenvalue weighted by Crippen LogP contribution is -2.35. The maximum atomic E-state index is 8.66. The van der Waals surface area contributed by atoms with E-state index in [0.717, 1.165) is 8.97 Å². The van der Waals surface area contributed by atoms with Crippen LogP contribution in [-0.4, -0.2) is 69.2 Å². The highest BCUT2D eigenvalue weighted by molar-refractivity contribution is 7.42. The minimum atomic E-state index is -5.14. The van der Waals surface area contributed by atoms with E-state index in [1.54, 1.807) is 0 Å². The van der Waals surface area contributed by atoms with Crippen molar-refractivity contribution in [2.45, 2.75) is 25.7 Å². The van der Waals surface area contributed by atoms with Crippen molar-refractivity contribution in [2.24, 2.45) is 0 Å². The van der Waals surface area contributed by atoms with Crippen LogP contribution in [0.5, 0.6) is 0 Å². The Balaban J connectivity index is -0.000000179. The lowest BCUT2D eigenvalue weighted by atomic mass is 10.1. The lowest BCUT2D eigenvalue weighted by Gasteiger charge is -2.25. The molecular formula is C12H33Cl2N2O4P. The van der Waals surface area contributed by atoms with Crippen molar-refractivity contribution >= 4 is 32.6 Å². The third-order valence-electron chi connectivity index (χ3n) is 2.41. The van der Waals surface area contributed by atoms with E-state index in [0.29, 0.717) is 0 Å². The van der Waals surface area contributed by atoms with E-state index in [1.165, 1.54) is 38.8 Å². The molecule has 0 amide bonds. The Bertz CT molecular complexity index is 249. The molecule has 0 heterocycles. The fourth-order valence-corrected chi connectivity index (χ4v) is 1.53. The summed E-state index contributed by atoms with van der Waals surface area (Å²) in [5, 5.41) is 0. The average Bonchev–Trinajstić information content (AvgIpc) is 2.04. The summed E-state index contributed by atoms with van der Waals surface area (Å²) in [5.41, 5.74) is 0. The summed E-state index contributed by atoms with van der Waals surface area (Å²) in [5.74, 6) is 0. The lowest BCUT2D eigenvalue weighted by molar-refractivity contribution is -0.871. The van der Waals surface area contributed by atoms with Gasteiger partial charge in [0.05, 0.1) is 63.2 Å². The van der Waals surface area contributed by atoms with Crippen molar-refractivity contribution in [3.8, 4) is 0 Å². The van der Waals surface area contributed by atoms with E-state index >= 15 is 0 Å². The van der Waals surface area contributed by atoms with Crippen LogP contribution in [0.3, 0.4) is 0 Å². The number of quaternary nitrogens is 2. The number of unbranched alkanes of at least 4 members (excludes halogenated alkanes) is 3. The molecule has 0 radical (unpaired) electrons. The summed E-state index contributed by atoms with van der Waals surface area (Å²) < 4.78 is 10.9. The second-order valence-corrected chi connectivity index (χ2v) is 7.85. The molecule has 0 bridgehead atoms. The van der Waals surface area contributed by atoms with Gasteiger partial charge in [0.1, 0.15) is 0 Å². The second-order valence-electron chi connectivity index (χ2n) is 6.91. The molecule has 1 N–H and O–H groups in total. The summed E-state index contributed by atoms with van der Waals surface area (Å²) in [6.07, 6.45) is 5.55. The van der Waals surface area contributed by atoms with Gasteiger partial charge >= 0.3 is 0 Å². The van der Waals surface area contributed by atoms with Gasteiger partial charge in [0.2, 0.25) is 0 Å². The molecule has 9 heteroatoms. The Hall–Kier alpha value is 0.610. The van der Waals surface area contributed by atoms with Gasteiger partial charge in [-0.1, -0.05) is 0 Å². The van der Waals surface area contributed by atoms with Gasteiger partial charge in [-0.2, -0.15) is 0 Å². The molecule has 0 unspecified atom stereocenters. The Morgan fingerprint density at radius 3 is 1.10 bits per heavy atom. The number of hydrogen-bond acceptors (Lipinski definition) is 3. The number of hydrogen-bond donors (Lipinski definition) is 1. The Kier molecular flexibility index (Phi) is 18.4. The van der Waals surface area contributed by atoms with Gasteiger partial charge in [-0.05, 0) is 25.7 Å². The van der Waals surface area contributed by atoms with Gasteiger partial charge in [-0.3, -0.25) is 0 Å². The van der Waals surface area contributed by atoms with Gasteiger partial charge < -0.3 is 28.2 Å². The predicted molar refractivity (Wildman–Crippen MR) is 88.6 cm³/mol. The first kappa shape index (κ1) is 29.6. The zero-order valence-corrected chi connectivity index (χ0v) is 16.6. The smallest absolute Gasteiger partial charge is 0.0780 e. The molecule has 0 aromatic rings. The number of nitrogens with zero attached hydrogens (tertiary/aromatic N) is 2. The first-order valence-electron chi connectivity index (χ1n) is 6.56. The molecule has 0 saturated carbocycles. The number of rotatable bonds is 7. The molecule has 0 rings (SSSR count). The van der Waals surface area contributed by atoms with E-state index in [1.807, 2.05) is 0 Å². The Morgan fingerprint density at radius 1 is 0.762 bits per heavy atom. The number of halogens is 2. The van der Waals surface area contributed by atoms with Crippen molar-refractivity contribution in [3.63, 3.8) is 0 Å². The maximum absolute atomic E-state index is 8.66. The van der Waals surface area contributed by atoms with Crippen LogP contribution in [0.2, 0.25) is 0 Å². The van der Waals surface area contributed by atoms with Gasteiger partial charge in [-0.15, -0.1) is 24.8 Å².